The van der Waals surface area contributed by atoms with Gasteiger partial charge in [-0.1, -0.05) is 61.2 Å². The lowest BCUT2D eigenvalue weighted by Crippen LogP contribution is -2.54. The molecule has 2 aliphatic rings. The molecular formula is C31H38N3OS+. The summed E-state index contributed by atoms with van der Waals surface area (Å²) < 4.78 is 1.17. The average molecular weight is 501 g/mol. The smallest absolute Gasteiger partial charge is 0.251 e. The maximum Gasteiger partial charge on any atom is 0.251 e. The molecule has 0 bridgehead atoms. The first-order valence-electron chi connectivity index (χ1n) is 13.5. The van der Waals surface area contributed by atoms with Gasteiger partial charge < -0.3 is 14.7 Å². The van der Waals surface area contributed by atoms with Crippen LogP contribution in [0.5, 0.6) is 0 Å². The first kappa shape index (κ1) is 24.9. The first-order chi connectivity index (χ1) is 17.6. The molecule has 1 atom stereocenters. The van der Waals surface area contributed by atoms with Crippen molar-refractivity contribution < 1.29 is 9.28 Å². The van der Waals surface area contributed by atoms with Gasteiger partial charge in [-0.2, -0.15) is 0 Å². The number of carbonyl (C=O) groups is 1. The number of nitrogens with one attached hydrogen (secondary N) is 1. The second-order valence-electron chi connectivity index (χ2n) is 10.4. The van der Waals surface area contributed by atoms with Crippen LogP contribution in [-0.4, -0.2) is 49.2 Å². The third-order valence-corrected chi connectivity index (χ3v) is 8.82. The first-order valence-corrected chi connectivity index (χ1v) is 14.3. The minimum Gasteiger partial charge on any atom is -0.352 e. The number of quaternary nitrogens is 1. The van der Waals surface area contributed by atoms with Crippen LogP contribution in [0.1, 0.15) is 49.0 Å². The molecular weight excluding hydrogens is 462 g/mol. The van der Waals surface area contributed by atoms with Gasteiger partial charge in [-0.3, -0.25) is 4.79 Å². The van der Waals surface area contributed by atoms with Crippen molar-refractivity contribution in [3.63, 3.8) is 0 Å². The van der Waals surface area contributed by atoms with Crippen molar-refractivity contribution in [2.24, 2.45) is 0 Å². The maximum absolute atomic E-state index is 12.8. The van der Waals surface area contributed by atoms with E-state index in [1.807, 2.05) is 17.8 Å². The summed E-state index contributed by atoms with van der Waals surface area (Å²) in [6.45, 7) is 9.97. The fourth-order valence-corrected chi connectivity index (χ4v) is 6.95. The Morgan fingerprint density at radius 3 is 2.47 bits per heavy atom. The van der Waals surface area contributed by atoms with Crippen molar-refractivity contribution >= 4 is 29.0 Å². The van der Waals surface area contributed by atoms with Crippen LogP contribution in [0.3, 0.4) is 0 Å². The number of fused-ring (bicyclic) bond motifs is 2. The summed E-state index contributed by atoms with van der Waals surface area (Å²) >= 11 is 1.81. The van der Waals surface area contributed by atoms with Gasteiger partial charge in [0.2, 0.25) is 0 Å². The lowest BCUT2D eigenvalue weighted by atomic mass is 10.1. The van der Waals surface area contributed by atoms with Crippen molar-refractivity contribution in [2.75, 3.05) is 37.6 Å². The number of nitrogens with zero attached hydrogens (tertiary/aromatic N) is 2. The molecule has 0 saturated carbocycles. The molecule has 5 heteroatoms. The Kier molecular flexibility index (Phi) is 7.68. The number of anilines is 2. The summed E-state index contributed by atoms with van der Waals surface area (Å²) in [6, 6.07) is 26.2. The molecule has 3 aromatic carbocycles. The van der Waals surface area contributed by atoms with Crippen LogP contribution in [0.4, 0.5) is 11.4 Å². The monoisotopic (exact) mass is 500 g/mol. The molecule has 5 rings (SSSR count). The zero-order valence-electron chi connectivity index (χ0n) is 21.6. The highest BCUT2D eigenvalue weighted by Crippen LogP contribution is 2.49. The molecule has 1 amide bonds. The van der Waals surface area contributed by atoms with Gasteiger partial charge in [0.15, 0.2) is 0 Å². The minimum absolute atomic E-state index is 0.0158. The van der Waals surface area contributed by atoms with Crippen LogP contribution in [0.25, 0.3) is 0 Å². The average Bonchev–Trinajstić information content (AvgIpc) is 3.37. The SMILES string of the molecule is CCCNC(=O)c1ccc2c(c1)N(C(C)C[N+]1(CCc3ccccc3)CCCC1)c1ccccc1S2. The fourth-order valence-electron chi connectivity index (χ4n) is 5.90. The molecule has 0 radical (unpaired) electrons. The largest absolute Gasteiger partial charge is 0.352 e. The van der Waals surface area contributed by atoms with Crippen LogP contribution < -0.4 is 10.2 Å². The molecule has 2 heterocycles. The van der Waals surface area contributed by atoms with Crippen molar-refractivity contribution in [3.05, 3.63) is 83.9 Å². The second-order valence-corrected chi connectivity index (χ2v) is 11.4. The summed E-state index contributed by atoms with van der Waals surface area (Å²) in [5.41, 5.74) is 4.60. The Bertz CT molecular complexity index is 1190. The number of hydrogen-bond acceptors (Lipinski definition) is 3. The van der Waals surface area contributed by atoms with E-state index in [0.717, 1.165) is 30.6 Å². The van der Waals surface area contributed by atoms with Gasteiger partial charge >= 0.3 is 0 Å². The highest BCUT2D eigenvalue weighted by Gasteiger charge is 2.37. The molecule has 0 aromatic heterocycles. The Morgan fingerprint density at radius 2 is 1.69 bits per heavy atom. The zero-order chi connectivity index (χ0) is 25.0. The van der Waals surface area contributed by atoms with E-state index >= 15 is 0 Å². The third kappa shape index (κ3) is 5.33. The summed E-state index contributed by atoms with van der Waals surface area (Å²) in [5.74, 6) is 0.0158. The number of para-hydroxylation sites is 1. The van der Waals surface area contributed by atoms with E-state index in [1.165, 1.54) is 58.0 Å². The van der Waals surface area contributed by atoms with E-state index in [1.54, 1.807) is 0 Å². The molecule has 0 spiro atoms. The number of hydrogen-bond donors (Lipinski definition) is 1. The van der Waals surface area contributed by atoms with Crippen LogP contribution in [-0.2, 0) is 6.42 Å². The van der Waals surface area contributed by atoms with Crippen molar-refractivity contribution in [2.45, 2.75) is 55.4 Å². The topological polar surface area (TPSA) is 32.3 Å². The predicted molar refractivity (Wildman–Crippen MR) is 150 cm³/mol. The van der Waals surface area contributed by atoms with Crippen LogP contribution in [0, 0.1) is 0 Å². The summed E-state index contributed by atoms with van der Waals surface area (Å²) in [5, 5.41) is 3.05. The van der Waals surface area contributed by atoms with Crippen LogP contribution in [0.15, 0.2) is 82.6 Å². The highest BCUT2D eigenvalue weighted by atomic mass is 32.2. The summed E-state index contributed by atoms with van der Waals surface area (Å²) in [7, 11) is 0. The second kappa shape index (κ2) is 11.1. The number of carbonyl (C=O) groups excluding carboxylic acids is 1. The van der Waals surface area contributed by atoms with Gasteiger partial charge in [-0.25, -0.2) is 0 Å². The minimum atomic E-state index is 0.0158. The number of benzene rings is 3. The molecule has 36 heavy (non-hydrogen) atoms. The molecule has 1 saturated heterocycles. The molecule has 2 aliphatic heterocycles. The van der Waals surface area contributed by atoms with Gasteiger partial charge in [-0.05, 0) is 49.2 Å². The van der Waals surface area contributed by atoms with E-state index in [-0.39, 0.29) is 5.91 Å². The fraction of sp³-hybridized carbons (Fsp3) is 0.387. The molecule has 3 aromatic rings. The van der Waals surface area contributed by atoms with E-state index < -0.39 is 0 Å². The lowest BCUT2D eigenvalue weighted by Gasteiger charge is -2.43. The Hall–Kier alpha value is -2.76. The molecule has 1 unspecified atom stereocenters. The van der Waals surface area contributed by atoms with E-state index in [4.69, 9.17) is 0 Å². The summed E-state index contributed by atoms with van der Waals surface area (Å²) in [4.78, 5) is 17.8. The molecule has 0 aliphatic carbocycles. The van der Waals surface area contributed by atoms with E-state index in [9.17, 15) is 4.79 Å². The van der Waals surface area contributed by atoms with Crippen LogP contribution in [0.2, 0.25) is 0 Å². The Labute approximate surface area is 220 Å². The number of rotatable bonds is 9. The van der Waals surface area contributed by atoms with Gasteiger partial charge in [-0.15, -0.1) is 0 Å². The number of likely N-dealkylation sites (tertiary alicyclic amines) is 1. The normalized spacial score (nSPS) is 16.8. The zero-order valence-corrected chi connectivity index (χ0v) is 22.4. The Morgan fingerprint density at radius 1 is 0.972 bits per heavy atom. The molecule has 188 valence electrons. The highest BCUT2D eigenvalue weighted by molar-refractivity contribution is 7.99. The van der Waals surface area contributed by atoms with Gasteiger partial charge in [0.1, 0.15) is 0 Å². The predicted octanol–water partition coefficient (Wildman–Crippen LogP) is 6.67. The molecule has 4 nitrogen and oxygen atoms in total. The molecule has 1 N–H and O–H groups in total. The van der Waals surface area contributed by atoms with E-state index in [2.05, 4.69) is 90.8 Å². The van der Waals surface area contributed by atoms with Gasteiger partial charge in [0.05, 0.1) is 43.6 Å². The molecule has 1 fully saturated rings. The van der Waals surface area contributed by atoms with Crippen LogP contribution >= 0.6 is 11.8 Å². The van der Waals surface area contributed by atoms with Crippen molar-refractivity contribution in [3.8, 4) is 0 Å². The van der Waals surface area contributed by atoms with Crippen molar-refractivity contribution in [1.82, 2.24) is 5.32 Å². The number of amides is 1. The maximum atomic E-state index is 12.8. The van der Waals surface area contributed by atoms with Crippen molar-refractivity contribution in [1.29, 1.82) is 0 Å². The Balaban J connectivity index is 1.44. The van der Waals surface area contributed by atoms with Gasteiger partial charge in [0.25, 0.3) is 5.91 Å². The standard InChI is InChI=1S/C31H37N3OS/c1-3-18-32-31(35)26-15-16-30-28(22-26)33(27-13-7-8-14-29(27)36-30)24(2)23-34(19-9-10-20-34)21-17-25-11-5-4-6-12-25/h4-8,11-16,22,24H,3,9-10,17-21,23H2,1-2H3/p+1. The summed E-state index contributed by atoms with van der Waals surface area (Å²) in [6.07, 6.45) is 4.68. The van der Waals surface area contributed by atoms with E-state index in [0.29, 0.717) is 12.6 Å². The quantitative estimate of drug-likeness (QED) is 0.333. The lowest BCUT2D eigenvalue weighted by molar-refractivity contribution is -0.917. The third-order valence-electron chi connectivity index (χ3n) is 7.69. The van der Waals surface area contributed by atoms with Gasteiger partial charge in [0, 0.05) is 41.2 Å².